The van der Waals surface area contributed by atoms with Gasteiger partial charge in [0.1, 0.15) is 23.1 Å². The van der Waals surface area contributed by atoms with Gasteiger partial charge < -0.3 is 25.2 Å². The normalized spacial score (nSPS) is 10.5. The maximum atomic E-state index is 12.1. The second-order valence-electron chi connectivity index (χ2n) is 4.22. The molecule has 7 nitrogen and oxygen atoms in total. The first kappa shape index (κ1) is 17.3. The van der Waals surface area contributed by atoms with Crippen molar-refractivity contribution in [2.75, 3.05) is 32.7 Å². The lowest BCUT2D eigenvalue weighted by atomic mass is 10.2. The van der Waals surface area contributed by atoms with Crippen LogP contribution in [0.3, 0.4) is 0 Å². The van der Waals surface area contributed by atoms with Gasteiger partial charge in [-0.05, 0) is 18.6 Å². The van der Waals surface area contributed by atoms with Gasteiger partial charge in [-0.25, -0.2) is 0 Å². The minimum Gasteiger partial charge on any atom is -0.497 e. The molecule has 22 heavy (non-hydrogen) atoms. The Kier molecular flexibility index (Phi) is 7.29. The van der Waals surface area contributed by atoms with Crippen LogP contribution in [0, 0.1) is 11.3 Å². The Labute approximate surface area is 129 Å². The predicted molar refractivity (Wildman–Crippen MR) is 81.6 cm³/mol. The van der Waals surface area contributed by atoms with E-state index < -0.39 is 5.91 Å². The minimum absolute atomic E-state index is 0.0376. The third-order valence-electron chi connectivity index (χ3n) is 2.75. The van der Waals surface area contributed by atoms with Crippen LogP contribution in [0.5, 0.6) is 11.5 Å². The number of nitriles is 1. The van der Waals surface area contributed by atoms with E-state index in [-0.39, 0.29) is 12.2 Å². The van der Waals surface area contributed by atoms with Crippen LogP contribution >= 0.6 is 0 Å². The summed E-state index contributed by atoms with van der Waals surface area (Å²) in [6.45, 7) is 0.507. The molecule has 3 N–H and O–H groups in total. The quantitative estimate of drug-likeness (QED) is 0.376. The number of ether oxygens (including phenoxy) is 2. The van der Waals surface area contributed by atoms with Crippen molar-refractivity contribution >= 4 is 11.6 Å². The standard InChI is InChI=1S/C15H19N3O4/c1-21-12-4-5-14(22-2)13(8-12)18-15(20)11(9-16)10-17-6-3-7-19/h4-5,8,10,17,19H,3,6-7H2,1-2H3,(H,18,20)/b11-10-. The second kappa shape index (κ2) is 9.26. The van der Waals surface area contributed by atoms with Gasteiger partial charge in [0.25, 0.3) is 5.91 Å². The Balaban J connectivity index is 2.84. The van der Waals surface area contributed by atoms with Gasteiger partial charge in [0, 0.05) is 25.4 Å². The lowest BCUT2D eigenvalue weighted by Crippen LogP contribution is -2.18. The molecular formula is C15H19N3O4. The number of carbonyl (C=O) groups is 1. The van der Waals surface area contributed by atoms with Crippen molar-refractivity contribution in [1.29, 1.82) is 5.26 Å². The molecule has 1 aromatic carbocycles. The van der Waals surface area contributed by atoms with Crippen molar-refractivity contribution in [3.8, 4) is 17.6 Å². The van der Waals surface area contributed by atoms with Crippen molar-refractivity contribution in [1.82, 2.24) is 5.32 Å². The monoisotopic (exact) mass is 305 g/mol. The maximum absolute atomic E-state index is 12.1. The number of nitrogens with one attached hydrogen (secondary N) is 2. The van der Waals surface area contributed by atoms with E-state index >= 15 is 0 Å². The summed E-state index contributed by atoms with van der Waals surface area (Å²) in [5, 5.41) is 23.1. The van der Waals surface area contributed by atoms with Gasteiger partial charge in [-0.15, -0.1) is 0 Å². The largest absolute Gasteiger partial charge is 0.497 e. The Morgan fingerprint density at radius 2 is 2.18 bits per heavy atom. The summed E-state index contributed by atoms with van der Waals surface area (Å²) in [6.07, 6.45) is 1.85. The topological polar surface area (TPSA) is 104 Å². The lowest BCUT2D eigenvalue weighted by molar-refractivity contribution is -0.112. The van der Waals surface area contributed by atoms with Gasteiger partial charge in [-0.3, -0.25) is 4.79 Å². The van der Waals surface area contributed by atoms with E-state index in [0.29, 0.717) is 30.2 Å². The molecule has 0 aromatic heterocycles. The first-order valence-corrected chi connectivity index (χ1v) is 6.64. The van der Waals surface area contributed by atoms with E-state index in [1.807, 2.05) is 6.07 Å². The zero-order valence-electron chi connectivity index (χ0n) is 12.5. The number of carbonyl (C=O) groups excluding carboxylic acids is 1. The highest BCUT2D eigenvalue weighted by Gasteiger charge is 2.13. The highest BCUT2D eigenvalue weighted by atomic mass is 16.5. The lowest BCUT2D eigenvalue weighted by Gasteiger charge is -2.11. The van der Waals surface area contributed by atoms with Crippen LogP contribution in [0.4, 0.5) is 5.69 Å². The molecule has 0 fully saturated rings. The molecule has 1 rings (SSSR count). The summed E-state index contributed by atoms with van der Waals surface area (Å²) in [7, 11) is 2.99. The fraction of sp³-hybridized carbons (Fsp3) is 0.333. The molecule has 0 aliphatic carbocycles. The van der Waals surface area contributed by atoms with Crippen LogP contribution in [0.2, 0.25) is 0 Å². The van der Waals surface area contributed by atoms with Crippen molar-refractivity contribution in [3.05, 3.63) is 30.0 Å². The summed E-state index contributed by atoms with van der Waals surface area (Å²) >= 11 is 0. The number of aliphatic hydroxyl groups is 1. The number of nitrogens with zero attached hydrogens (tertiary/aromatic N) is 1. The molecule has 7 heteroatoms. The Bertz CT molecular complexity index is 579. The van der Waals surface area contributed by atoms with Crippen LogP contribution in [-0.4, -0.2) is 38.4 Å². The first-order chi connectivity index (χ1) is 10.7. The molecule has 1 aromatic rings. The first-order valence-electron chi connectivity index (χ1n) is 6.64. The zero-order valence-corrected chi connectivity index (χ0v) is 12.5. The van der Waals surface area contributed by atoms with Crippen molar-refractivity contribution in [3.63, 3.8) is 0 Å². The minimum atomic E-state index is -0.564. The van der Waals surface area contributed by atoms with Gasteiger partial charge in [-0.1, -0.05) is 0 Å². The third-order valence-corrected chi connectivity index (χ3v) is 2.75. The third kappa shape index (κ3) is 5.00. The van der Waals surface area contributed by atoms with E-state index in [9.17, 15) is 4.79 Å². The molecule has 0 bridgehead atoms. The maximum Gasteiger partial charge on any atom is 0.267 e. The molecular weight excluding hydrogens is 286 g/mol. The molecule has 1 amide bonds. The van der Waals surface area contributed by atoms with E-state index in [4.69, 9.17) is 19.8 Å². The Morgan fingerprint density at radius 1 is 1.41 bits per heavy atom. The molecule has 0 atom stereocenters. The fourth-order valence-electron chi connectivity index (χ4n) is 1.61. The molecule has 0 spiro atoms. The highest BCUT2D eigenvalue weighted by Crippen LogP contribution is 2.29. The summed E-state index contributed by atoms with van der Waals surface area (Å²) in [5.41, 5.74) is 0.325. The highest BCUT2D eigenvalue weighted by molar-refractivity contribution is 6.07. The summed E-state index contributed by atoms with van der Waals surface area (Å²) in [5.74, 6) is 0.449. The summed E-state index contributed by atoms with van der Waals surface area (Å²) < 4.78 is 10.2. The number of hydrogen-bond acceptors (Lipinski definition) is 6. The summed E-state index contributed by atoms with van der Waals surface area (Å²) in [6, 6.07) is 6.78. The molecule has 0 saturated carbocycles. The SMILES string of the molecule is COc1ccc(OC)c(NC(=O)/C(C#N)=C\NCCCO)c1. The van der Waals surface area contributed by atoms with E-state index in [1.165, 1.54) is 20.4 Å². The van der Waals surface area contributed by atoms with Crippen LogP contribution in [0.25, 0.3) is 0 Å². The van der Waals surface area contributed by atoms with Gasteiger partial charge >= 0.3 is 0 Å². The summed E-state index contributed by atoms with van der Waals surface area (Å²) in [4.78, 5) is 12.1. The van der Waals surface area contributed by atoms with E-state index in [1.54, 1.807) is 18.2 Å². The molecule has 0 unspecified atom stereocenters. The van der Waals surface area contributed by atoms with E-state index in [2.05, 4.69) is 10.6 Å². The molecule has 0 saturated heterocycles. The van der Waals surface area contributed by atoms with Crippen LogP contribution in [-0.2, 0) is 4.79 Å². The average molecular weight is 305 g/mol. The van der Waals surface area contributed by atoms with Gasteiger partial charge in [0.2, 0.25) is 0 Å². The Morgan fingerprint density at radius 3 is 2.77 bits per heavy atom. The van der Waals surface area contributed by atoms with Crippen molar-refractivity contribution in [2.24, 2.45) is 0 Å². The van der Waals surface area contributed by atoms with Gasteiger partial charge in [0.15, 0.2) is 0 Å². The fourth-order valence-corrected chi connectivity index (χ4v) is 1.61. The van der Waals surface area contributed by atoms with Crippen molar-refractivity contribution < 1.29 is 19.4 Å². The number of aliphatic hydroxyl groups excluding tert-OH is 1. The molecule has 0 radical (unpaired) electrons. The van der Waals surface area contributed by atoms with E-state index in [0.717, 1.165) is 0 Å². The van der Waals surface area contributed by atoms with Crippen LogP contribution < -0.4 is 20.1 Å². The van der Waals surface area contributed by atoms with Gasteiger partial charge in [-0.2, -0.15) is 5.26 Å². The number of anilines is 1. The second-order valence-corrected chi connectivity index (χ2v) is 4.22. The molecule has 0 aliphatic rings. The number of rotatable bonds is 8. The predicted octanol–water partition coefficient (Wildman–Crippen LogP) is 1.02. The zero-order chi connectivity index (χ0) is 16.4. The molecule has 118 valence electrons. The van der Waals surface area contributed by atoms with Crippen LogP contribution in [0.15, 0.2) is 30.0 Å². The van der Waals surface area contributed by atoms with Crippen molar-refractivity contribution in [2.45, 2.75) is 6.42 Å². The molecule has 0 aliphatic heterocycles. The number of methoxy groups -OCH3 is 2. The number of amides is 1. The number of benzene rings is 1. The smallest absolute Gasteiger partial charge is 0.267 e. The van der Waals surface area contributed by atoms with Gasteiger partial charge in [0.05, 0.1) is 19.9 Å². The molecule has 0 heterocycles. The van der Waals surface area contributed by atoms with Crippen LogP contribution in [0.1, 0.15) is 6.42 Å². The number of hydrogen-bond donors (Lipinski definition) is 3. The Hall–Kier alpha value is -2.72. The average Bonchev–Trinajstić information content (AvgIpc) is 2.54.